The zero-order chi connectivity index (χ0) is 15.9. The number of halogens is 1. The third-order valence-electron chi connectivity index (χ3n) is 3.84. The van der Waals surface area contributed by atoms with E-state index in [4.69, 9.17) is 16.7 Å². The average molecular weight is 357 g/mol. The summed E-state index contributed by atoms with van der Waals surface area (Å²) in [5.74, 6) is -2.08. The van der Waals surface area contributed by atoms with Crippen molar-refractivity contribution in [3.05, 3.63) is 21.8 Å². The van der Waals surface area contributed by atoms with Crippen LogP contribution in [-0.4, -0.2) is 29.0 Å². The van der Waals surface area contributed by atoms with E-state index in [1.54, 1.807) is 13.1 Å². The Balaban J connectivity index is 1.75. The number of carbonyl (C=O) groups is 2. The summed E-state index contributed by atoms with van der Waals surface area (Å²) in [7, 11) is 1.64. The normalized spacial score (nSPS) is 20.5. The number of amides is 1. The molecule has 22 heavy (non-hydrogen) atoms. The second-order valence-corrected chi connectivity index (χ2v) is 7.70. The van der Waals surface area contributed by atoms with Gasteiger partial charge in [0.25, 0.3) is 0 Å². The first-order chi connectivity index (χ1) is 10.5. The van der Waals surface area contributed by atoms with Crippen molar-refractivity contribution in [3.8, 4) is 10.6 Å². The van der Waals surface area contributed by atoms with Crippen LogP contribution in [0.3, 0.4) is 0 Å². The highest BCUT2D eigenvalue weighted by Crippen LogP contribution is 2.38. The molecule has 1 aliphatic carbocycles. The summed E-state index contributed by atoms with van der Waals surface area (Å²) in [6.07, 6.45) is 1.19. The largest absolute Gasteiger partial charge is 0.481 e. The average Bonchev–Trinajstić information content (AvgIpc) is 3.04. The Hall–Kier alpha value is -1.44. The van der Waals surface area contributed by atoms with Crippen molar-refractivity contribution in [1.29, 1.82) is 0 Å². The number of carboxylic acid groups (broad SMARTS) is 1. The van der Waals surface area contributed by atoms with E-state index in [1.165, 1.54) is 27.6 Å². The molecule has 1 fully saturated rings. The van der Waals surface area contributed by atoms with Crippen molar-refractivity contribution < 1.29 is 14.7 Å². The number of thiophene rings is 1. The van der Waals surface area contributed by atoms with Crippen molar-refractivity contribution in [2.75, 3.05) is 11.9 Å². The maximum absolute atomic E-state index is 12.4. The maximum atomic E-state index is 12.4. The molecule has 1 saturated carbocycles. The van der Waals surface area contributed by atoms with E-state index in [0.717, 1.165) is 10.6 Å². The van der Waals surface area contributed by atoms with Gasteiger partial charge < -0.3 is 5.11 Å². The molecule has 2 atom stereocenters. The van der Waals surface area contributed by atoms with Crippen LogP contribution in [0.25, 0.3) is 10.6 Å². The quantitative estimate of drug-likeness (QED) is 0.908. The number of aromatic nitrogens is 1. The minimum atomic E-state index is -0.897. The number of hydrogen-bond acceptors (Lipinski definition) is 5. The molecule has 0 aromatic carbocycles. The second kappa shape index (κ2) is 5.98. The minimum absolute atomic E-state index is 0.177. The number of carbonyl (C=O) groups excluding carboxylic acids is 1. The van der Waals surface area contributed by atoms with Crippen LogP contribution < -0.4 is 4.90 Å². The highest BCUT2D eigenvalue weighted by Gasteiger charge is 2.43. The molecule has 0 saturated heterocycles. The lowest BCUT2D eigenvalue weighted by Crippen LogP contribution is -2.44. The molecule has 116 valence electrons. The van der Waals surface area contributed by atoms with Crippen LogP contribution in [0.1, 0.15) is 12.8 Å². The molecule has 8 heteroatoms. The van der Waals surface area contributed by atoms with Crippen LogP contribution in [0.2, 0.25) is 4.34 Å². The fraction of sp³-hybridized carbons (Fsp3) is 0.357. The summed E-state index contributed by atoms with van der Waals surface area (Å²) < 4.78 is 0.688. The number of nitrogens with zero attached hydrogens (tertiary/aromatic N) is 2. The van der Waals surface area contributed by atoms with Crippen molar-refractivity contribution in [2.24, 2.45) is 11.8 Å². The molecular formula is C14H13ClN2O3S2. The number of rotatable bonds is 4. The predicted octanol–water partition coefficient (Wildman–Crippen LogP) is 3.60. The summed E-state index contributed by atoms with van der Waals surface area (Å²) in [4.78, 5) is 30.3. The topological polar surface area (TPSA) is 70.5 Å². The van der Waals surface area contributed by atoms with Gasteiger partial charge >= 0.3 is 5.97 Å². The molecule has 0 radical (unpaired) electrons. The molecule has 1 N–H and O–H groups in total. The molecule has 5 nitrogen and oxygen atoms in total. The predicted molar refractivity (Wildman–Crippen MR) is 87.7 cm³/mol. The lowest BCUT2D eigenvalue weighted by molar-refractivity contribution is -0.151. The van der Waals surface area contributed by atoms with Gasteiger partial charge in [0.1, 0.15) is 0 Å². The van der Waals surface area contributed by atoms with Gasteiger partial charge in [0, 0.05) is 12.4 Å². The highest BCUT2D eigenvalue weighted by atomic mass is 35.5. The van der Waals surface area contributed by atoms with E-state index in [1.807, 2.05) is 11.4 Å². The number of thiazole rings is 1. The van der Waals surface area contributed by atoms with Gasteiger partial charge in [-0.2, -0.15) is 0 Å². The lowest BCUT2D eigenvalue weighted by Gasteiger charge is -2.34. The SMILES string of the molecule is CN(C(=O)[C@H]1CC[C@@H]1C(=O)O)c1nc(-c2ccc(Cl)s2)cs1. The van der Waals surface area contributed by atoms with Crippen LogP contribution in [0, 0.1) is 11.8 Å². The van der Waals surface area contributed by atoms with Gasteiger partial charge in [-0.05, 0) is 25.0 Å². The van der Waals surface area contributed by atoms with Gasteiger partial charge in [0.15, 0.2) is 5.13 Å². The van der Waals surface area contributed by atoms with E-state index in [2.05, 4.69) is 4.98 Å². The third-order valence-corrected chi connectivity index (χ3v) is 6.01. The molecule has 1 aliphatic rings. The van der Waals surface area contributed by atoms with Gasteiger partial charge in [-0.15, -0.1) is 22.7 Å². The Labute approximate surface area is 140 Å². The van der Waals surface area contributed by atoms with Gasteiger partial charge in [-0.1, -0.05) is 11.6 Å². The number of anilines is 1. The van der Waals surface area contributed by atoms with Crippen molar-refractivity contribution in [3.63, 3.8) is 0 Å². The van der Waals surface area contributed by atoms with Gasteiger partial charge in [0.05, 0.1) is 26.7 Å². The zero-order valence-corrected chi connectivity index (χ0v) is 14.0. The first kappa shape index (κ1) is 15.5. The first-order valence-electron chi connectivity index (χ1n) is 6.69. The van der Waals surface area contributed by atoms with Crippen molar-refractivity contribution in [2.45, 2.75) is 12.8 Å². The molecule has 0 unspecified atom stereocenters. The summed E-state index contributed by atoms with van der Waals surface area (Å²) in [6.45, 7) is 0. The Kier molecular flexibility index (Phi) is 4.20. The minimum Gasteiger partial charge on any atom is -0.481 e. The number of carboxylic acids is 1. The van der Waals surface area contributed by atoms with E-state index >= 15 is 0 Å². The standard InChI is InChI=1S/C14H13ClN2O3S2/c1-17(12(18)7-2-3-8(7)13(19)20)14-16-9(6-21-14)10-4-5-11(15)22-10/h4-8H,2-3H2,1H3,(H,19,20)/t7-,8-/m0/s1. The lowest BCUT2D eigenvalue weighted by atomic mass is 9.73. The second-order valence-electron chi connectivity index (χ2n) is 5.14. The zero-order valence-electron chi connectivity index (χ0n) is 11.7. The van der Waals surface area contributed by atoms with Gasteiger partial charge in [-0.25, -0.2) is 4.98 Å². The van der Waals surface area contributed by atoms with E-state index in [9.17, 15) is 9.59 Å². The van der Waals surface area contributed by atoms with Gasteiger partial charge in [0.2, 0.25) is 5.91 Å². The maximum Gasteiger partial charge on any atom is 0.307 e. The molecule has 0 spiro atoms. The molecule has 0 aliphatic heterocycles. The van der Waals surface area contributed by atoms with Crippen LogP contribution in [0.4, 0.5) is 5.13 Å². The highest BCUT2D eigenvalue weighted by molar-refractivity contribution is 7.20. The summed E-state index contributed by atoms with van der Waals surface area (Å²) >= 11 is 8.71. The Morgan fingerprint density at radius 3 is 2.64 bits per heavy atom. The van der Waals surface area contributed by atoms with Crippen LogP contribution in [0.5, 0.6) is 0 Å². The van der Waals surface area contributed by atoms with Crippen molar-refractivity contribution >= 4 is 51.3 Å². The monoisotopic (exact) mass is 356 g/mol. The smallest absolute Gasteiger partial charge is 0.307 e. The van der Waals surface area contributed by atoms with E-state index in [0.29, 0.717) is 22.3 Å². The number of hydrogen-bond donors (Lipinski definition) is 1. The number of aliphatic carboxylic acids is 1. The summed E-state index contributed by atoms with van der Waals surface area (Å²) in [5.41, 5.74) is 0.778. The third kappa shape index (κ3) is 2.76. The Morgan fingerprint density at radius 2 is 2.09 bits per heavy atom. The molecular weight excluding hydrogens is 344 g/mol. The van der Waals surface area contributed by atoms with Crippen LogP contribution in [-0.2, 0) is 9.59 Å². The first-order valence-corrected chi connectivity index (χ1v) is 8.76. The van der Waals surface area contributed by atoms with E-state index < -0.39 is 17.8 Å². The molecule has 1 amide bonds. The molecule has 2 aromatic rings. The van der Waals surface area contributed by atoms with Crippen LogP contribution in [0.15, 0.2) is 17.5 Å². The molecule has 3 rings (SSSR count). The Bertz CT molecular complexity index is 727. The summed E-state index contributed by atoms with van der Waals surface area (Å²) in [5, 5.41) is 11.5. The van der Waals surface area contributed by atoms with Crippen molar-refractivity contribution in [1.82, 2.24) is 4.98 Å². The van der Waals surface area contributed by atoms with Crippen LogP contribution >= 0.6 is 34.3 Å². The summed E-state index contributed by atoms with van der Waals surface area (Å²) in [6, 6.07) is 3.70. The Morgan fingerprint density at radius 1 is 1.36 bits per heavy atom. The van der Waals surface area contributed by atoms with Gasteiger partial charge in [-0.3, -0.25) is 14.5 Å². The fourth-order valence-corrected chi connectivity index (χ4v) is 4.29. The molecule has 2 heterocycles. The molecule has 2 aromatic heterocycles. The fourth-order valence-electron chi connectivity index (χ4n) is 2.42. The molecule has 0 bridgehead atoms. The van der Waals surface area contributed by atoms with E-state index in [-0.39, 0.29) is 5.91 Å².